The second-order valence-corrected chi connectivity index (χ2v) is 9.19. The zero-order valence-corrected chi connectivity index (χ0v) is 17.9. The molecule has 0 unspecified atom stereocenters. The van der Waals surface area contributed by atoms with Gasteiger partial charge >= 0.3 is 0 Å². The van der Waals surface area contributed by atoms with Crippen LogP contribution in [0.4, 0.5) is 17.3 Å². The summed E-state index contributed by atoms with van der Waals surface area (Å²) in [4.78, 5) is 29.5. The minimum absolute atomic E-state index is 0.0236. The van der Waals surface area contributed by atoms with Gasteiger partial charge < -0.3 is 15.1 Å². The van der Waals surface area contributed by atoms with E-state index in [1.54, 1.807) is 4.90 Å². The smallest absolute Gasteiger partial charge is 0.237 e. The van der Waals surface area contributed by atoms with Crippen LogP contribution in [0.3, 0.4) is 0 Å². The Morgan fingerprint density at radius 3 is 2.73 bits per heavy atom. The molecule has 1 saturated carbocycles. The molecule has 2 amide bonds. The van der Waals surface area contributed by atoms with Crippen LogP contribution in [0.5, 0.6) is 0 Å². The zero-order chi connectivity index (χ0) is 20.7. The number of rotatable bonds is 5. The van der Waals surface area contributed by atoms with Crippen LogP contribution in [-0.2, 0) is 9.59 Å². The molecule has 5 rings (SSSR count). The van der Waals surface area contributed by atoms with E-state index in [1.807, 2.05) is 31.2 Å². The van der Waals surface area contributed by atoms with Gasteiger partial charge in [-0.2, -0.15) is 0 Å². The number of thioether (sulfide) groups is 1. The normalized spacial score (nSPS) is 21.4. The Hall–Kier alpha value is -2.55. The van der Waals surface area contributed by atoms with E-state index >= 15 is 0 Å². The van der Waals surface area contributed by atoms with Gasteiger partial charge in [0.05, 0.1) is 17.1 Å². The third kappa shape index (κ3) is 3.66. The molecule has 3 heterocycles. The maximum Gasteiger partial charge on any atom is 0.237 e. The fourth-order valence-corrected chi connectivity index (χ4v) is 5.18. The first kappa shape index (κ1) is 19.4. The Balaban J connectivity index is 1.36. The third-order valence-corrected chi connectivity index (χ3v) is 6.83. The molecule has 0 spiro atoms. The largest absolute Gasteiger partial charge is 0.341 e. The molecule has 3 aliphatic rings. The summed E-state index contributed by atoms with van der Waals surface area (Å²) in [5.74, 6) is 1.12. The molecule has 2 fully saturated rings. The van der Waals surface area contributed by atoms with Crippen molar-refractivity contribution >= 4 is 40.9 Å². The van der Waals surface area contributed by atoms with Crippen LogP contribution in [0.2, 0.25) is 0 Å². The number of benzene rings is 1. The summed E-state index contributed by atoms with van der Waals surface area (Å²) >= 11 is 1.45. The van der Waals surface area contributed by atoms with Crippen molar-refractivity contribution in [2.75, 3.05) is 34.0 Å². The molecule has 1 aromatic heterocycles. The second kappa shape index (κ2) is 7.94. The van der Waals surface area contributed by atoms with E-state index in [0.717, 1.165) is 42.7 Å². The van der Waals surface area contributed by atoms with Crippen LogP contribution in [0.1, 0.15) is 45.1 Å². The number of carbonyl (C=O) groups excluding carboxylic acids is 2. The van der Waals surface area contributed by atoms with Gasteiger partial charge in [0.15, 0.2) is 5.16 Å². The summed E-state index contributed by atoms with van der Waals surface area (Å²) in [5.41, 5.74) is 1.44. The van der Waals surface area contributed by atoms with E-state index in [4.69, 9.17) is 0 Å². The highest BCUT2D eigenvalue weighted by atomic mass is 32.2. The topological polar surface area (TPSA) is 83.4 Å². The van der Waals surface area contributed by atoms with Crippen molar-refractivity contribution < 1.29 is 9.59 Å². The number of aromatic nitrogens is 3. The molecule has 2 aromatic rings. The van der Waals surface area contributed by atoms with Crippen molar-refractivity contribution in [1.82, 2.24) is 14.8 Å². The van der Waals surface area contributed by atoms with Crippen LogP contribution in [0.25, 0.3) is 0 Å². The first-order chi connectivity index (χ1) is 14.6. The Morgan fingerprint density at radius 1 is 1.20 bits per heavy atom. The molecule has 1 atom stereocenters. The molecule has 1 aromatic carbocycles. The molecule has 1 aliphatic carbocycles. The summed E-state index contributed by atoms with van der Waals surface area (Å²) in [5, 5.41) is 12.6. The highest BCUT2D eigenvalue weighted by Gasteiger charge is 2.34. The molecular formula is C21H26N6O2S. The average Bonchev–Trinajstić information content (AvgIpc) is 3.28. The van der Waals surface area contributed by atoms with Crippen molar-refractivity contribution in [1.29, 1.82) is 0 Å². The first-order valence-electron chi connectivity index (χ1n) is 10.7. The highest BCUT2D eigenvalue weighted by molar-refractivity contribution is 7.99. The second-order valence-electron chi connectivity index (χ2n) is 8.25. The van der Waals surface area contributed by atoms with E-state index in [9.17, 15) is 9.59 Å². The van der Waals surface area contributed by atoms with E-state index in [-0.39, 0.29) is 30.0 Å². The Labute approximate surface area is 180 Å². The monoisotopic (exact) mass is 426 g/mol. The van der Waals surface area contributed by atoms with Crippen molar-refractivity contribution in [3.63, 3.8) is 0 Å². The number of hydrogen-bond acceptors (Lipinski definition) is 6. The van der Waals surface area contributed by atoms with Crippen LogP contribution in [0.15, 0.2) is 29.4 Å². The lowest BCUT2D eigenvalue weighted by molar-refractivity contribution is -0.117. The van der Waals surface area contributed by atoms with Crippen LogP contribution >= 0.6 is 11.8 Å². The number of carbonyl (C=O) groups is 2. The molecule has 9 heteroatoms. The Morgan fingerprint density at radius 2 is 1.97 bits per heavy atom. The lowest BCUT2D eigenvalue weighted by atomic mass is 10.2. The van der Waals surface area contributed by atoms with E-state index in [0.29, 0.717) is 11.7 Å². The minimum Gasteiger partial charge on any atom is -0.341 e. The lowest BCUT2D eigenvalue weighted by Crippen LogP contribution is -2.40. The SMILES string of the molecule is C[C@H]1CC(=O)Nc2ccccc2N1C(=O)CSc1nnc(N2CCCC2)n1C1CC1. The maximum absolute atomic E-state index is 13.3. The molecule has 158 valence electrons. The Kier molecular flexibility index (Phi) is 5.14. The van der Waals surface area contributed by atoms with Crippen molar-refractivity contribution in [3.8, 4) is 0 Å². The summed E-state index contributed by atoms with van der Waals surface area (Å²) in [6, 6.07) is 7.73. The van der Waals surface area contributed by atoms with Crippen LogP contribution < -0.4 is 15.1 Å². The summed E-state index contributed by atoms with van der Waals surface area (Å²) in [6.45, 7) is 3.97. The number of para-hydroxylation sites is 2. The molecule has 0 radical (unpaired) electrons. The molecule has 1 saturated heterocycles. The van der Waals surface area contributed by atoms with E-state index < -0.39 is 0 Å². The summed E-state index contributed by atoms with van der Waals surface area (Å²) in [7, 11) is 0. The van der Waals surface area contributed by atoms with Crippen molar-refractivity contribution in [2.45, 2.75) is 56.3 Å². The summed E-state index contributed by atoms with van der Waals surface area (Å²) in [6.07, 6.45) is 4.95. The minimum atomic E-state index is -0.205. The zero-order valence-electron chi connectivity index (χ0n) is 17.1. The molecule has 8 nitrogen and oxygen atoms in total. The predicted octanol–water partition coefficient (Wildman–Crippen LogP) is 3.07. The number of nitrogens with one attached hydrogen (secondary N) is 1. The van der Waals surface area contributed by atoms with Crippen LogP contribution in [-0.4, -0.2) is 51.5 Å². The van der Waals surface area contributed by atoms with Crippen molar-refractivity contribution in [3.05, 3.63) is 24.3 Å². The fourth-order valence-electron chi connectivity index (χ4n) is 4.32. The number of anilines is 3. The van der Waals surface area contributed by atoms with Gasteiger partial charge in [-0.3, -0.25) is 14.2 Å². The predicted molar refractivity (Wildman–Crippen MR) is 117 cm³/mol. The molecular weight excluding hydrogens is 400 g/mol. The third-order valence-electron chi connectivity index (χ3n) is 5.90. The van der Waals surface area contributed by atoms with Gasteiger partial charge in [0.1, 0.15) is 0 Å². The van der Waals surface area contributed by atoms with Crippen LogP contribution in [0, 0.1) is 0 Å². The highest BCUT2D eigenvalue weighted by Crippen LogP contribution is 2.41. The standard InChI is InChI=1S/C21H26N6O2S/c1-14-12-18(28)22-16-6-2-3-7-17(16)26(14)19(29)13-30-21-24-23-20(25-10-4-5-11-25)27(21)15-8-9-15/h2-3,6-7,14-15H,4-5,8-13H2,1H3,(H,22,28)/t14-/m0/s1. The van der Waals surface area contributed by atoms with Gasteiger partial charge in [-0.25, -0.2) is 0 Å². The van der Waals surface area contributed by atoms with Gasteiger partial charge in [-0.15, -0.1) is 10.2 Å². The average molecular weight is 427 g/mol. The number of amides is 2. The Bertz CT molecular complexity index is 966. The lowest BCUT2D eigenvalue weighted by Gasteiger charge is -2.27. The van der Waals surface area contributed by atoms with E-state index in [2.05, 4.69) is 25.0 Å². The quantitative estimate of drug-likeness (QED) is 0.740. The molecule has 0 bridgehead atoms. The number of hydrogen-bond donors (Lipinski definition) is 1. The molecule has 30 heavy (non-hydrogen) atoms. The molecule has 2 aliphatic heterocycles. The van der Waals surface area contributed by atoms with Gasteiger partial charge in [0.2, 0.25) is 17.8 Å². The number of nitrogens with zero attached hydrogens (tertiary/aromatic N) is 5. The van der Waals surface area contributed by atoms with Gasteiger partial charge in [0.25, 0.3) is 0 Å². The summed E-state index contributed by atoms with van der Waals surface area (Å²) < 4.78 is 2.23. The van der Waals surface area contributed by atoms with Gasteiger partial charge in [0, 0.05) is 31.6 Å². The first-order valence-corrected chi connectivity index (χ1v) is 11.6. The van der Waals surface area contributed by atoms with Gasteiger partial charge in [-0.1, -0.05) is 23.9 Å². The molecule has 1 N–H and O–H groups in total. The van der Waals surface area contributed by atoms with Crippen molar-refractivity contribution in [2.24, 2.45) is 0 Å². The maximum atomic E-state index is 13.3. The fraction of sp³-hybridized carbons (Fsp3) is 0.524. The number of fused-ring (bicyclic) bond motifs is 1. The van der Waals surface area contributed by atoms with E-state index in [1.165, 1.54) is 24.6 Å². The van der Waals surface area contributed by atoms with Gasteiger partial charge in [-0.05, 0) is 44.7 Å².